The van der Waals surface area contributed by atoms with Crippen LogP contribution in [0.2, 0.25) is 0 Å². The standard InChI is InChI=1S/C14H15BrIN3/c1-3-17-14-13(16)9(2)18-12(19-14)8-10-4-6-11(15)7-5-10/h4-7H,3,8H2,1-2H3,(H,17,18,19). The minimum atomic E-state index is 0.753. The first kappa shape index (κ1) is 14.7. The zero-order valence-corrected chi connectivity index (χ0v) is 14.6. The van der Waals surface area contributed by atoms with Crippen LogP contribution in [-0.4, -0.2) is 16.5 Å². The summed E-state index contributed by atoms with van der Waals surface area (Å²) >= 11 is 5.73. The molecule has 0 radical (unpaired) electrons. The maximum atomic E-state index is 4.60. The largest absolute Gasteiger partial charge is 0.369 e. The quantitative estimate of drug-likeness (QED) is 0.738. The third kappa shape index (κ3) is 3.89. The smallest absolute Gasteiger partial charge is 0.143 e. The molecular formula is C14H15BrIN3. The van der Waals surface area contributed by atoms with Crippen molar-refractivity contribution in [1.82, 2.24) is 9.97 Å². The summed E-state index contributed by atoms with van der Waals surface area (Å²) < 4.78 is 2.18. The van der Waals surface area contributed by atoms with E-state index >= 15 is 0 Å². The van der Waals surface area contributed by atoms with Crippen molar-refractivity contribution in [3.8, 4) is 0 Å². The van der Waals surface area contributed by atoms with Crippen molar-refractivity contribution >= 4 is 44.3 Å². The summed E-state index contributed by atoms with van der Waals surface area (Å²) in [6.45, 7) is 4.96. The summed E-state index contributed by atoms with van der Waals surface area (Å²) in [6.07, 6.45) is 0.753. The zero-order chi connectivity index (χ0) is 13.8. The molecule has 1 heterocycles. The van der Waals surface area contributed by atoms with Gasteiger partial charge in [0.2, 0.25) is 0 Å². The Balaban J connectivity index is 2.27. The molecule has 0 unspecified atom stereocenters. The van der Waals surface area contributed by atoms with Gasteiger partial charge in [-0.3, -0.25) is 0 Å². The molecule has 0 aliphatic rings. The van der Waals surface area contributed by atoms with Gasteiger partial charge in [0.25, 0.3) is 0 Å². The third-order valence-corrected chi connectivity index (χ3v) is 4.50. The lowest BCUT2D eigenvalue weighted by molar-refractivity contribution is 0.929. The fraction of sp³-hybridized carbons (Fsp3) is 0.286. The molecular weight excluding hydrogens is 417 g/mol. The Kier molecular flexibility index (Phi) is 5.15. The second-order valence-corrected chi connectivity index (χ2v) is 6.22. The SMILES string of the molecule is CCNc1nc(Cc2ccc(Br)cc2)nc(C)c1I. The van der Waals surface area contributed by atoms with E-state index in [-0.39, 0.29) is 0 Å². The summed E-state index contributed by atoms with van der Waals surface area (Å²) in [5.74, 6) is 1.79. The Hall–Kier alpha value is -0.690. The lowest BCUT2D eigenvalue weighted by Gasteiger charge is -2.10. The minimum Gasteiger partial charge on any atom is -0.369 e. The predicted molar refractivity (Wildman–Crippen MR) is 90.6 cm³/mol. The van der Waals surface area contributed by atoms with Crippen molar-refractivity contribution in [1.29, 1.82) is 0 Å². The number of benzene rings is 1. The van der Waals surface area contributed by atoms with Crippen LogP contribution in [0.5, 0.6) is 0 Å². The molecule has 0 atom stereocenters. The number of nitrogens with zero attached hydrogens (tertiary/aromatic N) is 2. The number of nitrogens with one attached hydrogen (secondary N) is 1. The topological polar surface area (TPSA) is 37.8 Å². The van der Waals surface area contributed by atoms with Crippen LogP contribution in [0.3, 0.4) is 0 Å². The number of rotatable bonds is 4. The Bertz CT molecular complexity index is 570. The van der Waals surface area contributed by atoms with Gasteiger partial charge in [0.15, 0.2) is 0 Å². The van der Waals surface area contributed by atoms with Crippen LogP contribution in [0.15, 0.2) is 28.7 Å². The second-order valence-electron chi connectivity index (χ2n) is 4.22. The van der Waals surface area contributed by atoms with E-state index in [1.165, 1.54) is 5.56 Å². The highest BCUT2D eigenvalue weighted by atomic mass is 127. The van der Waals surface area contributed by atoms with Crippen LogP contribution >= 0.6 is 38.5 Å². The van der Waals surface area contributed by atoms with Crippen LogP contribution in [0.4, 0.5) is 5.82 Å². The van der Waals surface area contributed by atoms with Gasteiger partial charge in [-0.15, -0.1) is 0 Å². The van der Waals surface area contributed by atoms with Crippen molar-refractivity contribution in [3.63, 3.8) is 0 Å². The summed E-state index contributed by atoms with van der Waals surface area (Å²) in [7, 11) is 0. The molecule has 19 heavy (non-hydrogen) atoms. The number of hydrogen-bond donors (Lipinski definition) is 1. The number of hydrogen-bond acceptors (Lipinski definition) is 3. The fourth-order valence-electron chi connectivity index (χ4n) is 1.77. The van der Waals surface area contributed by atoms with Crippen LogP contribution < -0.4 is 5.32 Å². The Morgan fingerprint density at radius 2 is 1.89 bits per heavy atom. The summed E-state index contributed by atoms with van der Waals surface area (Å²) in [4.78, 5) is 9.16. The van der Waals surface area contributed by atoms with E-state index in [1.54, 1.807) is 0 Å². The van der Waals surface area contributed by atoms with E-state index in [0.29, 0.717) is 0 Å². The molecule has 0 aliphatic heterocycles. The number of aryl methyl sites for hydroxylation is 1. The highest BCUT2D eigenvalue weighted by molar-refractivity contribution is 14.1. The van der Waals surface area contributed by atoms with Gasteiger partial charge in [-0.05, 0) is 54.1 Å². The molecule has 2 rings (SSSR count). The lowest BCUT2D eigenvalue weighted by Crippen LogP contribution is -2.08. The molecule has 0 bridgehead atoms. The molecule has 1 N–H and O–H groups in total. The molecule has 0 saturated carbocycles. The third-order valence-electron chi connectivity index (χ3n) is 2.68. The molecule has 0 aliphatic carbocycles. The van der Waals surface area contributed by atoms with Crippen molar-refractivity contribution in [2.75, 3.05) is 11.9 Å². The number of anilines is 1. The molecule has 1 aromatic heterocycles. The molecule has 0 fully saturated rings. The summed E-state index contributed by atoms with van der Waals surface area (Å²) in [5.41, 5.74) is 2.24. The molecule has 1 aromatic carbocycles. The maximum absolute atomic E-state index is 4.60. The van der Waals surface area contributed by atoms with Crippen molar-refractivity contribution < 1.29 is 0 Å². The van der Waals surface area contributed by atoms with Gasteiger partial charge in [-0.2, -0.15) is 0 Å². The highest BCUT2D eigenvalue weighted by Gasteiger charge is 2.09. The number of aromatic nitrogens is 2. The predicted octanol–water partition coefficient (Wildman–Crippen LogP) is 4.17. The monoisotopic (exact) mass is 431 g/mol. The van der Waals surface area contributed by atoms with E-state index in [9.17, 15) is 0 Å². The van der Waals surface area contributed by atoms with E-state index in [1.807, 2.05) is 19.1 Å². The van der Waals surface area contributed by atoms with Crippen LogP contribution in [0.25, 0.3) is 0 Å². The molecule has 2 aromatic rings. The zero-order valence-electron chi connectivity index (χ0n) is 10.9. The molecule has 5 heteroatoms. The van der Waals surface area contributed by atoms with Crippen molar-refractivity contribution in [2.24, 2.45) is 0 Å². The average molecular weight is 432 g/mol. The molecule has 0 saturated heterocycles. The Morgan fingerprint density at radius 3 is 2.53 bits per heavy atom. The van der Waals surface area contributed by atoms with Crippen molar-refractivity contribution in [2.45, 2.75) is 20.3 Å². The van der Waals surface area contributed by atoms with E-state index in [0.717, 1.165) is 38.3 Å². The van der Waals surface area contributed by atoms with Gasteiger partial charge in [0, 0.05) is 17.4 Å². The fourth-order valence-corrected chi connectivity index (χ4v) is 2.46. The molecule has 3 nitrogen and oxygen atoms in total. The molecule has 0 amide bonds. The maximum Gasteiger partial charge on any atom is 0.143 e. The first-order valence-electron chi connectivity index (χ1n) is 6.11. The lowest BCUT2D eigenvalue weighted by atomic mass is 10.1. The van der Waals surface area contributed by atoms with Gasteiger partial charge in [0.05, 0.1) is 9.26 Å². The van der Waals surface area contributed by atoms with Gasteiger partial charge in [-0.25, -0.2) is 9.97 Å². The minimum absolute atomic E-state index is 0.753. The first-order valence-corrected chi connectivity index (χ1v) is 7.98. The average Bonchev–Trinajstić information content (AvgIpc) is 2.38. The molecule has 0 spiro atoms. The first-order chi connectivity index (χ1) is 9.10. The molecule has 100 valence electrons. The number of halogens is 2. The highest BCUT2D eigenvalue weighted by Crippen LogP contribution is 2.20. The van der Waals surface area contributed by atoms with E-state index in [4.69, 9.17) is 0 Å². The van der Waals surface area contributed by atoms with Gasteiger partial charge < -0.3 is 5.32 Å². The van der Waals surface area contributed by atoms with Gasteiger partial charge >= 0.3 is 0 Å². The summed E-state index contributed by atoms with van der Waals surface area (Å²) in [6, 6.07) is 8.27. The Morgan fingerprint density at radius 1 is 1.21 bits per heavy atom. The van der Waals surface area contributed by atoms with E-state index in [2.05, 4.69) is 72.9 Å². The summed E-state index contributed by atoms with van der Waals surface area (Å²) in [5, 5.41) is 3.29. The van der Waals surface area contributed by atoms with Crippen LogP contribution in [0.1, 0.15) is 24.0 Å². The van der Waals surface area contributed by atoms with Gasteiger partial charge in [-0.1, -0.05) is 28.1 Å². The van der Waals surface area contributed by atoms with Crippen LogP contribution in [-0.2, 0) is 6.42 Å². The van der Waals surface area contributed by atoms with Crippen LogP contribution in [0, 0.1) is 10.5 Å². The van der Waals surface area contributed by atoms with E-state index < -0.39 is 0 Å². The van der Waals surface area contributed by atoms with Crippen molar-refractivity contribution in [3.05, 3.63) is 49.4 Å². The normalized spacial score (nSPS) is 10.5. The Labute approximate surface area is 135 Å². The second kappa shape index (κ2) is 6.65. The van der Waals surface area contributed by atoms with Gasteiger partial charge in [0.1, 0.15) is 11.6 Å².